The number of nitrogens with one attached hydrogen (secondary N) is 1. The Bertz CT molecular complexity index is 715. The molecule has 2 rings (SSSR count). The van der Waals surface area contributed by atoms with Crippen LogP contribution in [0, 0.1) is 0 Å². The third kappa shape index (κ3) is 3.88. The lowest BCUT2D eigenvalue weighted by Crippen LogP contribution is -2.38. The SMILES string of the molecule is NC(=O)C(NC(=O)c1ccccc1C(F)(F)F)c1ccccc1. The minimum atomic E-state index is -4.68. The summed E-state index contributed by atoms with van der Waals surface area (Å²) < 4.78 is 38.9. The van der Waals surface area contributed by atoms with Gasteiger partial charge in [0.1, 0.15) is 6.04 Å². The Labute approximate surface area is 130 Å². The molecular weight excluding hydrogens is 309 g/mol. The molecule has 120 valence electrons. The van der Waals surface area contributed by atoms with Gasteiger partial charge in [0.15, 0.2) is 0 Å². The van der Waals surface area contributed by atoms with E-state index in [9.17, 15) is 22.8 Å². The molecule has 0 aliphatic heterocycles. The Morgan fingerprint density at radius 2 is 1.52 bits per heavy atom. The van der Waals surface area contributed by atoms with E-state index in [4.69, 9.17) is 5.73 Å². The van der Waals surface area contributed by atoms with Gasteiger partial charge in [0.25, 0.3) is 5.91 Å². The summed E-state index contributed by atoms with van der Waals surface area (Å²) in [6, 6.07) is 11.2. The molecule has 0 aliphatic carbocycles. The maximum absolute atomic E-state index is 13.0. The quantitative estimate of drug-likeness (QED) is 0.908. The van der Waals surface area contributed by atoms with Gasteiger partial charge in [-0.05, 0) is 17.7 Å². The van der Waals surface area contributed by atoms with Crippen LogP contribution in [-0.2, 0) is 11.0 Å². The van der Waals surface area contributed by atoms with Crippen molar-refractivity contribution in [3.05, 3.63) is 71.3 Å². The van der Waals surface area contributed by atoms with Crippen LogP contribution in [0.1, 0.15) is 27.5 Å². The largest absolute Gasteiger partial charge is 0.417 e. The zero-order chi connectivity index (χ0) is 17.0. The van der Waals surface area contributed by atoms with Crippen LogP contribution in [0.15, 0.2) is 54.6 Å². The molecule has 0 aliphatic rings. The number of carbonyl (C=O) groups excluding carboxylic acids is 2. The van der Waals surface area contributed by atoms with E-state index < -0.39 is 35.2 Å². The van der Waals surface area contributed by atoms with Crippen molar-refractivity contribution >= 4 is 11.8 Å². The average molecular weight is 322 g/mol. The number of halogens is 3. The molecule has 0 spiro atoms. The van der Waals surface area contributed by atoms with Crippen molar-refractivity contribution in [2.75, 3.05) is 0 Å². The molecule has 2 aromatic rings. The molecule has 4 nitrogen and oxygen atoms in total. The second-order valence-corrected chi connectivity index (χ2v) is 4.76. The lowest BCUT2D eigenvalue weighted by molar-refractivity contribution is -0.137. The first-order chi connectivity index (χ1) is 10.8. The third-order valence-electron chi connectivity index (χ3n) is 3.17. The fourth-order valence-corrected chi connectivity index (χ4v) is 2.10. The van der Waals surface area contributed by atoms with E-state index in [2.05, 4.69) is 5.32 Å². The second-order valence-electron chi connectivity index (χ2n) is 4.76. The van der Waals surface area contributed by atoms with Crippen LogP contribution in [0.5, 0.6) is 0 Å². The summed E-state index contributed by atoms with van der Waals surface area (Å²) in [4.78, 5) is 23.7. The predicted octanol–water partition coefficient (Wildman–Crippen LogP) is 2.66. The second kappa shape index (κ2) is 6.51. The van der Waals surface area contributed by atoms with Gasteiger partial charge in [-0.15, -0.1) is 0 Å². The van der Waals surface area contributed by atoms with Crippen molar-refractivity contribution in [1.29, 1.82) is 0 Å². The molecule has 0 saturated heterocycles. The van der Waals surface area contributed by atoms with Gasteiger partial charge in [0.05, 0.1) is 11.1 Å². The molecular formula is C16H13F3N2O2. The van der Waals surface area contributed by atoms with E-state index in [0.29, 0.717) is 5.56 Å². The Morgan fingerprint density at radius 3 is 2.09 bits per heavy atom. The Kier molecular flexibility index (Phi) is 4.68. The zero-order valence-electron chi connectivity index (χ0n) is 11.8. The normalized spacial score (nSPS) is 12.5. The van der Waals surface area contributed by atoms with E-state index >= 15 is 0 Å². The molecule has 7 heteroatoms. The molecule has 0 heterocycles. The van der Waals surface area contributed by atoms with Crippen LogP contribution in [-0.4, -0.2) is 11.8 Å². The number of carbonyl (C=O) groups is 2. The summed E-state index contributed by atoms with van der Waals surface area (Å²) in [6.07, 6.45) is -4.68. The van der Waals surface area contributed by atoms with Crippen molar-refractivity contribution in [1.82, 2.24) is 5.32 Å². The van der Waals surface area contributed by atoms with Crippen molar-refractivity contribution in [2.24, 2.45) is 5.73 Å². The molecule has 0 aromatic heterocycles. The third-order valence-corrected chi connectivity index (χ3v) is 3.17. The average Bonchev–Trinajstić information content (AvgIpc) is 2.52. The van der Waals surface area contributed by atoms with E-state index in [1.807, 2.05) is 0 Å². The number of primary amides is 1. The molecule has 0 saturated carbocycles. The summed E-state index contributed by atoms with van der Waals surface area (Å²) >= 11 is 0. The number of amides is 2. The summed E-state index contributed by atoms with van der Waals surface area (Å²) in [5.41, 5.74) is 3.99. The summed E-state index contributed by atoms with van der Waals surface area (Å²) in [7, 11) is 0. The maximum Gasteiger partial charge on any atom is 0.417 e. The van der Waals surface area contributed by atoms with Crippen molar-refractivity contribution in [2.45, 2.75) is 12.2 Å². The van der Waals surface area contributed by atoms with Crippen LogP contribution in [0.3, 0.4) is 0 Å². The van der Waals surface area contributed by atoms with E-state index in [0.717, 1.165) is 12.1 Å². The fraction of sp³-hybridized carbons (Fsp3) is 0.125. The first-order valence-corrected chi connectivity index (χ1v) is 6.62. The molecule has 1 atom stereocenters. The molecule has 0 radical (unpaired) electrons. The first kappa shape index (κ1) is 16.5. The van der Waals surface area contributed by atoms with Gasteiger partial charge in [-0.3, -0.25) is 9.59 Å². The Hall–Kier alpha value is -2.83. The van der Waals surface area contributed by atoms with Gasteiger partial charge >= 0.3 is 6.18 Å². The van der Waals surface area contributed by atoms with E-state index in [1.165, 1.54) is 12.1 Å². The first-order valence-electron chi connectivity index (χ1n) is 6.62. The molecule has 3 N–H and O–H groups in total. The van der Waals surface area contributed by atoms with Gasteiger partial charge in [0, 0.05) is 0 Å². The molecule has 1 unspecified atom stereocenters. The van der Waals surface area contributed by atoms with Crippen LogP contribution < -0.4 is 11.1 Å². The number of hydrogen-bond donors (Lipinski definition) is 2. The van der Waals surface area contributed by atoms with Gasteiger partial charge in [-0.25, -0.2) is 0 Å². The minimum Gasteiger partial charge on any atom is -0.368 e. The zero-order valence-corrected chi connectivity index (χ0v) is 11.8. The van der Waals surface area contributed by atoms with Gasteiger partial charge in [-0.2, -0.15) is 13.2 Å². The van der Waals surface area contributed by atoms with Crippen molar-refractivity contribution < 1.29 is 22.8 Å². The van der Waals surface area contributed by atoms with Crippen molar-refractivity contribution in [3.63, 3.8) is 0 Å². The molecule has 23 heavy (non-hydrogen) atoms. The summed E-state index contributed by atoms with van der Waals surface area (Å²) in [5.74, 6) is -1.89. The highest BCUT2D eigenvalue weighted by Crippen LogP contribution is 2.32. The molecule has 2 amide bonds. The smallest absolute Gasteiger partial charge is 0.368 e. The molecule has 0 bridgehead atoms. The van der Waals surface area contributed by atoms with Gasteiger partial charge in [0.2, 0.25) is 5.91 Å². The lowest BCUT2D eigenvalue weighted by atomic mass is 10.0. The summed E-state index contributed by atoms with van der Waals surface area (Å²) in [6.45, 7) is 0. The molecule has 2 aromatic carbocycles. The van der Waals surface area contributed by atoms with E-state index in [1.54, 1.807) is 30.3 Å². The monoisotopic (exact) mass is 322 g/mol. The standard InChI is InChI=1S/C16H13F3N2O2/c17-16(18,19)12-9-5-4-8-11(12)15(23)21-13(14(20)22)10-6-2-1-3-7-10/h1-9,13H,(H2,20,22)(H,21,23). The van der Waals surface area contributed by atoms with Crippen LogP contribution in [0.25, 0.3) is 0 Å². The number of rotatable bonds is 4. The minimum absolute atomic E-state index is 0.387. The fourth-order valence-electron chi connectivity index (χ4n) is 2.10. The Balaban J connectivity index is 2.33. The number of hydrogen-bond acceptors (Lipinski definition) is 2. The van der Waals surface area contributed by atoms with Gasteiger partial charge < -0.3 is 11.1 Å². The highest BCUT2D eigenvalue weighted by molar-refractivity contribution is 5.98. The number of nitrogens with two attached hydrogens (primary N) is 1. The Morgan fingerprint density at radius 1 is 0.957 bits per heavy atom. The summed E-state index contributed by atoms with van der Waals surface area (Å²) in [5, 5.41) is 2.25. The highest BCUT2D eigenvalue weighted by Gasteiger charge is 2.35. The lowest BCUT2D eigenvalue weighted by Gasteiger charge is -2.18. The number of benzene rings is 2. The number of alkyl halides is 3. The van der Waals surface area contributed by atoms with Crippen LogP contribution in [0.4, 0.5) is 13.2 Å². The van der Waals surface area contributed by atoms with Crippen LogP contribution in [0.2, 0.25) is 0 Å². The maximum atomic E-state index is 13.0. The topological polar surface area (TPSA) is 72.2 Å². The predicted molar refractivity (Wildman–Crippen MR) is 77.3 cm³/mol. The van der Waals surface area contributed by atoms with Crippen molar-refractivity contribution in [3.8, 4) is 0 Å². The highest BCUT2D eigenvalue weighted by atomic mass is 19.4. The van der Waals surface area contributed by atoms with E-state index in [-0.39, 0.29) is 0 Å². The van der Waals surface area contributed by atoms with Crippen LogP contribution >= 0.6 is 0 Å². The molecule has 0 fully saturated rings. The van der Waals surface area contributed by atoms with Gasteiger partial charge in [-0.1, -0.05) is 42.5 Å².